The zero-order valence-corrected chi connectivity index (χ0v) is 14.4. The first-order chi connectivity index (χ1) is 12.3. The number of hydrogen-bond acceptors (Lipinski definition) is 4. The average molecular weight is 340 g/mol. The van der Waals surface area contributed by atoms with Gasteiger partial charge in [0.25, 0.3) is 0 Å². The maximum atomic E-state index is 12.5. The van der Waals surface area contributed by atoms with Gasteiger partial charge in [0, 0.05) is 25.6 Å². The fourth-order valence-corrected chi connectivity index (χ4v) is 3.83. The van der Waals surface area contributed by atoms with Gasteiger partial charge in [-0.2, -0.15) is 0 Å². The van der Waals surface area contributed by atoms with Gasteiger partial charge in [0.2, 0.25) is 5.91 Å². The van der Waals surface area contributed by atoms with E-state index in [2.05, 4.69) is 39.0 Å². The van der Waals surface area contributed by atoms with Crippen LogP contribution in [0, 0.1) is 5.92 Å². The maximum absolute atomic E-state index is 12.5. The van der Waals surface area contributed by atoms with E-state index in [-0.39, 0.29) is 11.8 Å². The third-order valence-electron chi connectivity index (χ3n) is 5.29. The number of nitrogens with zero attached hydrogens (tertiary/aromatic N) is 4. The molecule has 0 radical (unpaired) electrons. The summed E-state index contributed by atoms with van der Waals surface area (Å²) >= 11 is 0. The third kappa shape index (κ3) is 3.58. The highest BCUT2D eigenvalue weighted by molar-refractivity contribution is 5.79. The van der Waals surface area contributed by atoms with Crippen molar-refractivity contribution < 1.29 is 9.53 Å². The molecule has 1 amide bonds. The van der Waals surface area contributed by atoms with Crippen LogP contribution in [-0.2, 0) is 16.1 Å². The number of carbonyl (C=O) groups is 1. The first kappa shape index (κ1) is 16.3. The van der Waals surface area contributed by atoms with E-state index in [9.17, 15) is 4.79 Å². The normalized spacial score (nSPS) is 21.6. The molecular formula is C19H24N4O2. The summed E-state index contributed by atoms with van der Waals surface area (Å²) in [6, 6.07) is 10.4. The predicted octanol–water partition coefficient (Wildman–Crippen LogP) is 2.07. The zero-order valence-electron chi connectivity index (χ0n) is 14.4. The Hall–Kier alpha value is -2.21. The van der Waals surface area contributed by atoms with E-state index in [0.717, 1.165) is 51.3 Å². The van der Waals surface area contributed by atoms with E-state index >= 15 is 0 Å². The maximum Gasteiger partial charge on any atom is 0.228 e. The van der Waals surface area contributed by atoms with Crippen LogP contribution in [0.25, 0.3) is 0 Å². The Labute approximate surface area is 147 Å². The molecule has 4 rings (SSSR count). The molecule has 6 heteroatoms. The Morgan fingerprint density at radius 1 is 1.16 bits per heavy atom. The lowest BCUT2D eigenvalue weighted by atomic mass is 9.94. The van der Waals surface area contributed by atoms with Crippen LogP contribution in [0.4, 0.5) is 0 Å². The van der Waals surface area contributed by atoms with Crippen molar-refractivity contribution in [2.75, 3.05) is 26.3 Å². The molecule has 6 nitrogen and oxygen atoms in total. The van der Waals surface area contributed by atoms with Crippen LogP contribution in [0.1, 0.15) is 36.6 Å². The molecule has 1 atom stereocenters. The third-order valence-corrected chi connectivity index (χ3v) is 5.29. The lowest BCUT2D eigenvalue weighted by Crippen LogP contribution is -2.41. The molecule has 0 bridgehead atoms. The zero-order chi connectivity index (χ0) is 17.1. The number of hydrogen-bond donors (Lipinski definition) is 0. The lowest BCUT2D eigenvalue weighted by Gasteiger charge is -2.33. The van der Waals surface area contributed by atoms with Crippen LogP contribution in [0.3, 0.4) is 0 Å². The summed E-state index contributed by atoms with van der Waals surface area (Å²) < 4.78 is 7.49. The number of likely N-dealkylation sites (tertiary alicyclic amines) is 1. The number of amides is 1. The summed E-state index contributed by atoms with van der Waals surface area (Å²) in [5.74, 6) is 1.75. The molecular weight excluding hydrogens is 316 g/mol. The Bertz CT molecular complexity index is 701. The molecule has 1 aromatic carbocycles. The first-order valence-corrected chi connectivity index (χ1v) is 9.09. The topological polar surface area (TPSA) is 60.2 Å². The highest BCUT2D eigenvalue weighted by Crippen LogP contribution is 2.28. The van der Waals surface area contributed by atoms with Crippen molar-refractivity contribution >= 4 is 5.91 Å². The van der Waals surface area contributed by atoms with Crippen molar-refractivity contribution in [3.05, 3.63) is 48.0 Å². The minimum Gasteiger partial charge on any atom is -0.381 e. The van der Waals surface area contributed by atoms with Gasteiger partial charge >= 0.3 is 0 Å². The Balaban J connectivity index is 1.38. The first-order valence-electron chi connectivity index (χ1n) is 9.09. The predicted molar refractivity (Wildman–Crippen MR) is 93.0 cm³/mol. The molecule has 2 aromatic rings. The van der Waals surface area contributed by atoms with Gasteiger partial charge in [-0.3, -0.25) is 4.79 Å². The lowest BCUT2D eigenvalue weighted by molar-refractivity contribution is -0.136. The number of rotatable bonds is 4. The van der Waals surface area contributed by atoms with Gasteiger partial charge in [-0.15, -0.1) is 10.2 Å². The van der Waals surface area contributed by atoms with Crippen LogP contribution >= 0.6 is 0 Å². The molecule has 25 heavy (non-hydrogen) atoms. The number of piperidine rings is 1. The van der Waals surface area contributed by atoms with Crippen LogP contribution in [0.5, 0.6) is 0 Å². The van der Waals surface area contributed by atoms with Crippen molar-refractivity contribution in [3.63, 3.8) is 0 Å². The summed E-state index contributed by atoms with van der Waals surface area (Å²) in [5.41, 5.74) is 1.25. The second-order valence-electron chi connectivity index (χ2n) is 6.96. The second-order valence-corrected chi connectivity index (χ2v) is 6.96. The van der Waals surface area contributed by atoms with Crippen LogP contribution in [-0.4, -0.2) is 51.9 Å². The second kappa shape index (κ2) is 7.35. The van der Waals surface area contributed by atoms with Crippen LogP contribution < -0.4 is 0 Å². The standard InChI is InChI=1S/C19H24N4O2/c24-19(17-8-11-25-13-17)22-9-6-16(7-10-22)18-21-20-14-23(18)12-15-4-2-1-3-5-15/h1-5,14,16-17H,6-13H2/t17-/m1/s1. The van der Waals surface area contributed by atoms with E-state index in [0.29, 0.717) is 12.5 Å². The number of ether oxygens (including phenoxy) is 1. The Morgan fingerprint density at radius 3 is 2.68 bits per heavy atom. The molecule has 0 spiro atoms. The van der Waals surface area contributed by atoms with Gasteiger partial charge < -0.3 is 14.2 Å². The summed E-state index contributed by atoms with van der Waals surface area (Å²) in [4.78, 5) is 14.5. The molecule has 0 saturated carbocycles. The summed E-state index contributed by atoms with van der Waals surface area (Å²) in [6.07, 6.45) is 4.58. The Morgan fingerprint density at radius 2 is 1.96 bits per heavy atom. The van der Waals surface area contributed by atoms with Gasteiger partial charge in [-0.1, -0.05) is 30.3 Å². The van der Waals surface area contributed by atoms with E-state index in [4.69, 9.17) is 4.74 Å². The number of carbonyl (C=O) groups excluding carboxylic acids is 1. The molecule has 0 aliphatic carbocycles. The molecule has 2 fully saturated rings. The van der Waals surface area contributed by atoms with Gasteiger partial charge in [0.1, 0.15) is 12.2 Å². The molecule has 2 aliphatic rings. The SMILES string of the molecule is O=C([C@@H]1CCOC1)N1CCC(c2nncn2Cc2ccccc2)CC1. The quantitative estimate of drug-likeness (QED) is 0.855. The molecule has 3 heterocycles. The molecule has 2 saturated heterocycles. The minimum absolute atomic E-state index is 0.0679. The monoisotopic (exact) mass is 340 g/mol. The summed E-state index contributed by atoms with van der Waals surface area (Å²) in [6.45, 7) is 3.71. The Kier molecular flexibility index (Phi) is 4.78. The average Bonchev–Trinajstić information content (AvgIpc) is 3.34. The summed E-state index contributed by atoms with van der Waals surface area (Å²) in [5, 5.41) is 8.50. The van der Waals surface area contributed by atoms with Crippen LogP contribution in [0.2, 0.25) is 0 Å². The largest absolute Gasteiger partial charge is 0.381 e. The smallest absolute Gasteiger partial charge is 0.228 e. The highest BCUT2D eigenvalue weighted by Gasteiger charge is 2.32. The number of benzene rings is 1. The van der Waals surface area contributed by atoms with Gasteiger partial charge in [-0.05, 0) is 24.8 Å². The summed E-state index contributed by atoms with van der Waals surface area (Å²) in [7, 11) is 0. The molecule has 132 valence electrons. The van der Waals surface area contributed by atoms with Crippen LogP contribution in [0.15, 0.2) is 36.7 Å². The van der Waals surface area contributed by atoms with E-state index < -0.39 is 0 Å². The van der Waals surface area contributed by atoms with Gasteiger partial charge in [-0.25, -0.2) is 0 Å². The fraction of sp³-hybridized carbons (Fsp3) is 0.526. The van der Waals surface area contributed by atoms with Crippen molar-refractivity contribution in [1.82, 2.24) is 19.7 Å². The van der Waals surface area contributed by atoms with E-state index in [1.807, 2.05) is 17.3 Å². The molecule has 2 aliphatic heterocycles. The van der Waals surface area contributed by atoms with Gasteiger partial charge in [0.05, 0.1) is 19.1 Å². The minimum atomic E-state index is 0.0679. The highest BCUT2D eigenvalue weighted by atomic mass is 16.5. The van der Waals surface area contributed by atoms with Gasteiger partial charge in [0.15, 0.2) is 0 Å². The molecule has 1 aromatic heterocycles. The van der Waals surface area contributed by atoms with Crippen molar-refractivity contribution in [3.8, 4) is 0 Å². The number of aromatic nitrogens is 3. The van der Waals surface area contributed by atoms with E-state index in [1.54, 1.807) is 0 Å². The molecule has 0 unspecified atom stereocenters. The van der Waals surface area contributed by atoms with Crippen molar-refractivity contribution in [1.29, 1.82) is 0 Å². The van der Waals surface area contributed by atoms with Crippen molar-refractivity contribution in [2.24, 2.45) is 5.92 Å². The fourth-order valence-electron chi connectivity index (χ4n) is 3.83. The van der Waals surface area contributed by atoms with Crippen molar-refractivity contribution in [2.45, 2.75) is 31.7 Å². The van der Waals surface area contributed by atoms with E-state index in [1.165, 1.54) is 5.56 Å². The molecule has 0 N–H and O–H groups in total.